The van der Waals surface area contributed by atoms with Crippen molar-refractivity contribution in [1.29, 1.82) is 0 Å². The molecule has 10 heteroatoms. The third-order valence-electron chi connectivity index (χ3n) is 4.08. The maximum atomic E-state index is 12.8. The monoisotopic (exact) mass is 493 g/mol. The quantitative estimate of drug-likeness (QED) is 0.266. The molecule has 3 aromatic rings. The van der Waals surface area contributed by atoms with E-state index in [1.54, 1.807) is 6.26 Å². The van der Waals surface area contributed by atoms with Crippen LogP contribution in [0.2, 0.25) is 0 Å². The predicted octanol–water partition coefficient (Wildman–Crippen LogP) is 5.77. The van der Waals surface area contributed by atoms with E-state index in [4.69, 9.17) is 4.74 Å². The highest BCUT2D eigenvalue weighted by molar-refractivity contribution is 9.10. The van der Waals surface area contributed by atoms with Gasteiger partial charge < -0.3 is 4.74 Å². The average molecular weight is 494 g/mol. The van der Waals surface area contributed by atoms with Crippen LogP contribution in [0.1, 0.15) is 15.2 Å². The molecule has 1 N–H and O–H groups in total. The van der Waals surface area contributed by atoms with Crippen LogP contribution in [0.4, 0.5) is 10.8 Å². The number of nitrogens with zero attached hydrogens (tertiary/aromatic N) is 2. The maximum Gasteiger partial charge on any atom is 0.285 e. The second-order valence-corrected chi connectivity index (χ2v) is 8.83. The minimum Gasteiger partial charge on any atom is -0.495 e. The number of nitrogens with one attached hydrogen (secondary N) is 1. The van der Waals surface area contributed by atoms with E-state index >= 15 is 0 Å². The standard InChI is InChI=1S/C19H16BrN3O4S2/c1-10-17(11-4-6-12(20)7-5-11)21-19(29-10)22-18(24)13-8-16(28-3)15(27-2)9-14(13)23(25)26/h4-9H,1-3H3,(H,21,22,24). The third-order valence-corrected chi connectivity index (χ3v) is 6.25. The SMILES string of the molecule is COc1cc([N+](=O)[O-])c(C(=O)Nc2nc(-c3ccc(Br)cc3)c(C)s2)cc1SC. The first-order valence-electron chi connectivity index (χ1n) is 8.29. The first-order valence-corrected chi connectivity index (χ1v) is 11.1. The van der Waals surface area contributed by atoms with E-state index in [2.05, 4.69) is 26.2 Å². The minimum atomic E-state index is -0.595. The fraction of sp³-hybridized carbons (Fsp3) is 0.158. The Labute approximate surface area is 183 Å². The first-order chi connectivity index (χ1) is 13.8. The molecule has 0 bridgehead atoms. The molecule has 0 spiro atoms. The number of aryl methyl sites for hydroxylation is 1. The smallest absolute Gasteiger partial charge is 0.285 e. The number of nitro benzene ring substituents is 1. The van der Waals surface area contributed by atoms with Gasteiger partial charge in [0, 0.05) is 14.9 Å². The molecule has 0 unspecified atom stereocenters. The van der Waals surface area contributed by atoms with Gasteiger partial charge in [-0.3, -0.25) is 20.2 Å². The number of hydrogen-bond acceptors (Lipinski definition) is 7. The van der Waals surface area contributed by atoms with Gasteiger partial charge >= 0.3 is 0 Å². The van der Waals surface area contributed by atoms with Gasteiger partial charge in [0.05, 0.1) is 28.7 Å². The summed E-state index contributed by atoms with van der Waals surface area (Å²) in [6, 6.07) is 10.4. The van der Waals surface area contributed by atoms with Crippen LogP contribution in [-0.4, -0.2) is 29.2 Å². The van der Waals surface area contributed by atoms with Crippen molar-refractivity contribution in [3.8, 4) is 17.0 Å². The number of amides is 1. The summed E-state index contributed by atoms with van der Waals surface area (Å²) in [5.41, 5.74) is 1.31. The molecule has 0 fully saturated rings. The highest BCUT2D eigenvalue weighted by Crippen LogP contribution is 2.36. The fourth-order valence-corrected chi connectivity index (χ4v) is 4.37. The van der Waals surface area contributed by atoms with E-state index in [-0.39, 0.29) is 11.3 Å². The number of methoxy groups -OCH3 is 1. The number of hydrogen-bond donors (Lipinski definition) is 1. The molecule has 0 aliphatic rings. The Kier molecular flexibility index (Phi) is 6.56. The zero-order chi connectivity index (χ0) is 21.1. The van der Waals surface area contributed by atoms with E-state index in [0.717, 1.165) is 20.6 Å². The van der Waals surface area contributed by atoms with Crippen LogP contribution in [0.15, 0.2) is 45.8 Å². The number of aromatic nitrogens is 1. The second kappa shape index (κ2) is 8.93. The molecule has 150 valence electrons. The van der Waals surface area contributed by atoms with Crippen molar-refractivity contribution in [1.82, 2.24) is 4.98 Å². The molecular weight excluding hydrogens is 478 g/mol. The summed E-state index contributed by atoms with van der Waals surface area (Å²) < 4.78 is 6.14. The molecule has 0 aliphatic carbocycles. The fourth-order valence-electron chi connectivity index (χ4n) is 2.69. The van der Waals surface area contributed by atoms with E-state index in [0.29, 0.717) is 15.8 Å². The zero-order valence-electron chi connectivity index (χ0n) is 15.7. The number of anilines is 1. The van der Waals surface area contributed by atoms with Gasteiger partial charge in [-0.25, -0.2) is 4.98 Å². The van der Waals surface area contributed by atoms with Crippen molar-refractivity contribution in [2.24, 2.45) is 0 Å². The van der Waals surface area contributed by atoms with Gasteiger partial charge in [0.2, 0.25) is 0 Å². The molecule has 1 aromatic heterocycles. The molecular formula is C19H16BrN3O4S2. The number of carbonyl (C=O) groups excluding carboxylic acids is 1. The van der Waals surface area contributed by atoms with Crippen molar-refractivity contribution < 1.29 is 14.5 Å². The number of nitro groups is 1. The molecule has 7 nitrogen and oxygen atoms in total. The summed E-state index contributed by atoms with van der Waals surface area (Å²) >= 11 is 6.05. The van der Waals surface area contributed by atoms with Crippen LogP contribution in [0.25, 0.3) is 11.3 Å². The molecule has 3 rings (SSSR count). The lowest BCUT2D eigenvalue weighted by Gasteiger charge is -2.09. The topological polar surface area (TPSA) is 94.4 Å². The molecule has 0 aliphatic heterocycles. The highest BCUT2D eigenvalue weighted by atomic mass is 79.9. The summed E-state index contributed by atoms with van der Waals surface area (Å²) in [5, 5.41) is 14.5. The van der Waals surface area contributed by atoms with Crippen molar-refractivity contribution in [3.63, 3.8) is 0 Å². The Bertz CT molecular complexity index is 1080. The third kappa shape index (κ3) is 4.60. The lowest BCUT2D eigenvalue weighted by molar-refractivity contribution is -0.385. The van der Waals surface area contributed by atoms with Gasteiger partial charge in [0.15, 0.2) is 5.13 Å². The second-order valence-electron chi connectivity index (χ2n) is 5.87. The molecule has 0 atom stereocenters. The van der Waals surface area contributed by atoms with Gasteiger partial charge in [0.25, 0.3) is 11.6 Å². The van der Waals surface area contributed by atoms with E-state index < -0.39 is 10.8 Å². The molecule has 0 saturated heterocycles. The number of carbonyl (C=O) groups is 1. The van der Waals surface area contributed by atoms with Gasteiger partial charge in [-0.15, -0.1) is 23.1 Å². The van der Waals surface area contributed by atoms with Gasteiger partial charge in [-0.05, 0) is 31.4 Å². The molecule has 1 amide bonds. The lowest BCUT2D eigenvalue weighted by atomic mass is 10.1. The Morgan fingerprint density at radius 1 is 1.31 bits per heavy atom. The van der Waals surface area contributed by atoms with Crippen LogP contribution >= 0.6 is 39.0 Å². The van der Waals surface area contributed by atoms with Gasteiger partial charge in [0.1, 0.15) is 11.3 Å². The van der Waals surface area contributed by atoms with E-state index in [9.17, 15) is 14.9 Å². The van der Waals surface area contributed by atoms with E-state index in [1.807, 2.05) is 31.2 Å². The average Bonchev–Trinajstić information content (AvgIpc) is 3.07. The summed E-state index contributed by atoms with van der Waals surface area (Å²) in [6.07, 6.45) is 1.81. The minimum absolute atomic E-state index is 0.0433. The number of rotatable bonds is 6. The first kappa shape index (κ1) is 21.3. The number of thiazole rings is 1. The highest BCUT2D eigenvalue weighted by Gasteiger charge is 2.25. The van der Waals surface area contributed by atoms with Crippen LogP contribution in [0.5, 0.6) is 5.75 Å². The van der Waals surface area contributed by atoms with Crippen LogP contribution in [0, 0.1) is 17.0 Å². The normalized spacial score (nSPS) is 10.6. The largest absolute Gasteiger partial charge is 0.495 e. The number of thioether (sulfide) groups is 1. The maximum absolute atomic E-state index is 12.8. The van der Waals surface area contributed by atoms with Crippen molar-refractivity contribution >= 4 is 55.8 Å². The summed E-state index contributed by atoms with van der Waals surface area (Å²) in [4.78, 5) is 29.7. The molecule has 0 radical (unpaired) electrons. The Morgan fingerprint density at radius 3 is 2.59 bits per heavy atom. The Morgan fingerprint density at radius 2 is 2.00 bits per heavy atom. The molecule has 1 heterocycles. The predicted molar refractivity (Wildman–Crippen MR) is 119 cm³/mol. The lowest BCUT2D eigenvalue weighted by Crippen LogP contribution is -2.14. The summed E-state index contributed by atoms with van der Waals surface area (Å²) in [5.74, 6) is -0.242. The van der Waals surface area contributed by atoms with E-state index in [1.165, 1.54) is 42.3 Å². The van der Waals surface area contributed by atoms with Crippen LogP contribution in [0.3, 0.4) is 0 Å². The molecule has 29 heavy (non-hydrogen) atoms. The number of benzene rings is 2. The van der Waals surface area contributed by atoms with Crippen LogP contribution < -0.4 is 10.1 Å². The molecule has 2 aromatic carbocycles. The van der Waals surface area contributed by atoms with Crippen molar-refractivity contribution in [2.45, 2.75) is 11.8 Å². The number of ether oxygens (including phenoxy) is 1. The summed E-state index contributed by atoms with van der Waals surface area (Å²) in [7, 11) is 1.43. The Hall–Kier alpha value is -2.43. The Balaban J connectivity index is 1.94. The summed E-state index contributed by atoms with van der Waals surface area (Å²) in [6.45, 7) is 1.91. The van der Waals surface area contributed by atoms with Gasteiger partial charge in [-0.1, -0.05) is 28.1 Å². The zero-order valence-corrected chi connectivity index (χ0v) is 18.9. The van der Waals surface area contributed by atoms with Gasteiger partial charge in [-0.2, -0.15) is 0 Å². The van der Waals surface area contributed by atoms with Crippen molar-refractivity contribution in [3.05, 3.63) is 61.4 Å². The van der Waals surface area contributed by atoms with Crippen molar-refractivity contribution in [2.75, 3.05) is 18.7 Å². The number of halogens is 1. The molecule has 0 saturated carbocycles. The van der Waals surface area contributed by atoms with Crippen LogP contribution in [-0.2, 0) is 0 Å².